The highest BCUT2D eigenvalue weighted by atomic mass is 16.5. The van der Waals surface area contributed by atoms with E-state index in [0.717, 1.165) is 17.0 Å². The Kier molecular flexibility index (Phi) is 2.89. The normalized spacial score (nSPS) is 10.8. The predicted molar refractivity (Wildman–Crippen MR) is 71.7 cm³/mol. The number of rotatable bonds is 3. The van der Waals surface area contributed by atoms with Gasteiger partial charge < -0.3 is 14.9 Å². The molecule has 0 amide bonds. The fraction of sp³-hybridized carbons (Fsp3) is 0.143. The summed E-state index contributed by atoms with van der Waals surface area (Å²) < 4.78 is 10.8. The van der Waals surface area contributed by atoms with Crippen LogP contribution in [0.4, 0.5) is 0 Å². The van der Waals surface area contributed by atoms with Gasteiger partial charge in [-0.05, 0) is 24.3 Å². The number of aromatic nitrogens is 2. The van der Waals surface area contributed by atoms with Gasteiger partial charge in [0.2, 0.25) is 5.89 Å². The van der Waals surface area contributed by atoms with Gasteiger partial charge in [0.05, 0.1) is 19.3 Å². The van der Waals surface area contributed by atoms with Gasteiger partial charge in [-0.15, -0.1) is 0 Å². The highest BCUT2D eigenvalue weighted by molar-refractivity contribution is 5.75. The molecule has 0 saturated carbocycles. The first-order valence-electron chi connectivity index (χ1n) is 5.91. The summed E-state index contributed by atoms with van der Waals surface area (Å²) in [4.78, 5) is 8.71. The minimum Gasteiger partial charge on any atom is -0.496 e. The van der Waals surface area contributed by atoms with Gasteiger partial charge in [0.1, 0.15) is 5.75 Å². The van der Waals surface area contributed by atoms with Crippen LogP contribution in [0.5, 0.6) is 5.75 Å². The molecule has 0 aliphatic carbocycles. The number of nitrogens with zero attached hydrogens (tertiary/aromatic N) is 2. The van der Waals surface area contributed by atoms with Crippen LogP contribution in [-0.2, 0) is 6.54 Å². The number of ether oxygens (including phenoxy) is 1. The maximum Gasteiger partial charge on any atom is 0.210 e. The van der Waals surface area contributed by atoms with E-state index in [2.05, 4.69) is 9.97 Å². The number of fused-ring (bicyclic) bond motifs is 1. The smallest absolute Gasteiger partial charge is 0.210 e. The zero-order valence-electron chi connectivity index (χ0n) is 10.5. The number of pyridine rings is 1. The van der Waals surface area contributed by atoms with Crippen LogP contribution in [0.2, 0.25) is 0 Å². The van der Waals surface area contributed by atoms with E-state index in [1.54, 1.807) is 7.11 Å². The summed E-state index contributed by atoms with van der Waals surface area (Å²) in [6.45, 7) is 0.264. The largest absolute Gasteiger partial charge is 0.496 e. The minimum absolute atomic E-state index is 0.264. The fourth-order valence-electron chi connectivity index (χ4n) is 1.96. The molecule has 0 saturated heterocycles. The molecule has 0 bridgehead atoms. The Morgan fingerprint density at radius 3 is 2.79 bits per heavy atom. The molecule has 2 aromatic heterocycles. The van der Waals surface area contributed by atoms with E-state index >= 15 is 0 Å². The summed E-state index contributed by atoms with van der Waals surface area (Å²) >= 11 is 0. The van der Waals surface area contributed by atoms with E-state index in [1.807, 2.05) is 36.4 Å². The first kappa shape index (κ1) is 11.7. The standard InChI is InChI=1S/C14H13N3O2/c1-18-11-5-3-2-4-9(11)10-6-7-12-14(16-10)17-13(8-15)19-12/h2-7H,8,15H2,1H3. The third kappa shape index (κ3) is 2.04. The Morgan fingerprint density at radius 2 is 2.00 bits per heavy atom. The third-order valence-corrected chi connectivity index (χ3v) is 2.86. The summed E-state index contributed by atoms with van der Waals surface area (Å²) in [6, 6.07) is 11.4. The third-order valence-electron chi connectivity index (χ3n) is 2.86. The van der Waals surface area contributed by atoms with Crippen LogP contribution in [0.3, 0.4) is 0 Å². The number of para-hydroxylation sites is 1. The lowest BCUT2D eigenvalue weighted by Gasteiger charge is -2.06. The van der Waals surface area contributed by atoms with Crippen molar-refractivity contribution in [2.24, 2.45) is 5.73 Å². The number of benzene rings is 1. The Bertz CT molecular complexity index is 722. The average molecular weight is 255 g/mol. The molecular formula is C14H13N3O2. The van der Waals surface area contributed by atoms with Crippen molar-refractivity contribution in [2.75, 3.05) is 7.11 Å². The van der Waals surface area contributed by atoms with Crippen molar-refractivity contribution in [2.45, 2.75) is 6.54 Å². The quantitative estimate of drug-likeness (QED) is 0.777. The molecule has 3 aromatic rings. The lowest BCUT2D eigenvalue weighted by molar-refractivity contribution is 0.416. The number of oxazole rings is 1. The Balaban J connectivity index is 2.14. The van der Waals surface area contributed by atoms with Gasteiger partial charge >= 0.3 is 0 Å². The molecule has 0 aliphatic rings. The van der Waals surface area contributed by atoms with Gasteiger partial charge in [0, 0.05) is 5.56 Å². The molecule has 5 nitrogen and oxygen atoms in total. The topological polar surface area (TPSA) is 74.2 Å². The zero-order valence-corrected chi connectivity index (χ0v) is 10.5. The summed E-state index contributed by atoms with van der Waals surface area (Å²) in [5.41, 5.74) is 8.42. The van der Waals surface area contributed by atoms with Crippen LogP contribution in [0.15, 0.2) is 40.8 Å². The fourth-order valence-corrected chi connectivity index (χ4v) is 1.96. The highest BCUT2D eigenvalue weighted by Crippen LogP contribution is 2.29. The lowest BCUT2D eigenvalue weighted by atomic mass is 10.1. The Labute approximate surface area is 110 Å². The Morgan fingerprint density at radius 1 is 1.16 bits per heavy atom. The zero-order chi connectivity index (χ0) is 13.2. The molecule has 19 heavy (non-hydrogen) atoms. The number of hydrogen-bond donors (Lipinski definition) is 1. The van der Waals surface area contributed by atoms with Crippen molar-refractivity contribution in [1.29, 1.82) is 0 Å². The molecule has 0 unspecified atom stereocenters. The van der Waals surface area contributed by atoms with Gasteiger partial charge in [-0.1, -0.05) is 12.1 Å². The number of methoxy groups -OCH3 is 1. The van der Waals surface area contributed by atoms with Gasteiger partial charge in [0.15, 0.2) is 11.2 Å². The predicted octanol–water partition coefficient (Wildman–Crippen LogP) is 2.36. The molecule has 96 valence electrons. The summed E-state index contributed by atoms with van der Waals surface area (Å²) in [5.74, 6) is 1.26. The first-order valence-corrected chi connectivity index (χ1v) is 5.91. The van der Waals surface area contributed by atoms with Crippen LogP contribution in [0, 0.1) is 0 Å². The maximum absolute atomic E-state index is 5.50. The van der Waals surface area contributed by atoms with Crippen molar-refractivity contribution >= 4 is 11.2 Å². The summed E-state index contributed by atoms with van der Waals surface area (Å²) in [6.07, 6.45) is 0. The van der Waals surface area contributed by atoms with Crippen LogP contribution in [-0.4, -0.2) is 17.1 Å². The van der Waals surface area contributed by atoms with E-state index in [0.29, 0.717) is 17.1 Å². The van der Waals surface area contributed by atoms with Crippen molar-refractivity contribution in [3.05, 3.63) is 42.3 Å². The molecule has 2 heterocycles. The second-order valence-corrected chi connectivity index (χ2v) is 4.03. The van der Waals surface area contributed by atoms with Crippen LogP contribution >= 0.6 is 0 Å². The van der Waals surface area contributed by atoms with E-state index in [-0.39, 0.29) is 6.54 Å². The van der Waals surface area contributed by atoms with Gasteiger partial charge in [-0.2, -0.15) is 4.98 Å². The lowest BCUT2D eigenvalue weighted by Crippen LogP contribution is -1.95. The van der Waals surface area contributed by atoms with Crippen LogP contribution in [0.1, 0.15) is 5.89 Å². The highest BCUT2D eigenvalue weighted by Gasteiger charge is 2.10. The molecule has 0 atom stereocenters. The van der Waals surface area contributed by atoms with Gasteiger partial charge in [-0.25, -0.2) is 4.98 Å². The van der Waals surface area contributed by atoms with Crippen LogP contribution in [0.25, 0.3) is 22.5 Å². The number of hydrogen-bond acceptors (Lipinski definition) is 5. The summed E-state index contributed by atoms with van der Waals surface area (Å²) in [7, 11) is 1.64. The molecule has 1 aromatic carbocycles. The van der Waals surface area contributed by atoms with Crippen molar-refractivity contribution < 1.29 is 9.15 Å². The second kappa shape index (κ2) is 4.70. The molecule has 0 radical (unpaired) electrons. The van der Waals surface area contributed by atoms with E-state index in [1.165, 1.54) is 0 Å². The minimum atomic E-state index is 0.264. The molecule has 0 spiro atoms. The van der Waals surface area contributed by atoms with Gasteiger partial charge in [-0.3, -0.25) is 0 Å². The van der Waals surface area contributed by atoms with Crippen molar-refractivity contribution in [1.82, 2.24) is 9.97 Å². The molecule has 2 N–H and O–H groups in total. The monoisotopic (exact) mass is 255 g/mol. The molecule has 0 aliphatic heterocycles. The second-order valence-electron chi connectivity index (χ2n) is 4.03. The van der Waals surface area contributed by atoms with Crippen molar-refractivity contribution in [3.8, 4) is 17.0 Å². The van der Waals surface area contributed by atoms with Crippen LogP contribution < -0.4 is 10.5 Å². The molecule has 5 heteroatoms. The Hall–Kier alpha value is -2.40. The first-order chi connectivity index (χ1) is 9.31. The van der Waals surface area contributed by atoms with E-state index in [9.17, 15) is 0 Å². The van der Waals surface area contributed by atoms with Crippen molar-refractivity contribution in [3.63, 3.8) is 0 Å². The molecule has 0 fully saturated rings. The maximum atomic E-state index is 5.50. The van der Waals surface area contributed by atoms with E-state index < -0.39 is 0 Å². The van der Waals surface area contributed by atoms with Gasteiger partial charge in [0.25, 0.3) is 0 Å². The SMILES string of the molecule is COc1ccccc1-c1ccc2oc(CN)nc2n1. The molecule has 3 rings (SSSR count). The number of nitrogens with two attached hydrogens (primary N) is 1. The van der Waals surface area contributed by atoms with E-state index in [4.69, 9.17) is 14.9 Å². The summed E-state index contributed by atoms with van der Waals surface area (Å²) in [5, 5.41) is 0. The molecular weight excluding hydrogens is 242 g/mol. The average Bonchev–Trinajstić information content (AvgIpc) is 2.89.